The number of rotatable bonds is 2. The lowest BCUT2D eigenvalue weighted by Gasteiger charge is -2.36. The summed E-state index contributed by atoms with van der Waals surface area (Å²) in [5, 5.41) is 0. The molecule has 0 bridgehead atoms. The van der Waals surface area contributed by atoms with Gasteiger partial charge in [-0.1, -0.05) is 0 Å². The number of piperazine rings is 1. The second-order valence-electron chi connectivity index (χ2n) is 4.84. The molecule has 9 heteroatoms. The monoisotopic (exact) mass is 323 g/mol. The number of amides is 1. The molecule has 0 unspecified atom stereocenters. The number of hydrogen-bond donors (Lipinski definition) is 1. The number of carbonyl (C=O) groups is 1. The molecule has 0 radical (unpaired) electrons. The number of halogens is 5. The fraction of sp³-hybridized carbons (Fsp3) is 0.900. The van der Waals surface area contributed by atoms with Crippen molar-refractivity contribution in [2.45, 2.75) is 24.6 Å². The number of carbonyl (C=O) groups excluding carboxylic acids is 1. The molecular weight excluding hydrogens is 306 g/mol. The van der Waals surface area contributed by atoms with Crippen LogP contribution in [0.2, 0.25) is 0 Å². The van der Waals surface area contributed by atoms with Gasteiger partial charge in [0.15, 0.2) is 0 Å². The van der Waals surface area contributed by atoms with Crippen LogP contribution in [-0.2, 0) is 4.79 Å². The van der Waals surface area contributed by atoms with Crippen LogP contribution in [0.5, 0.6) is 0 Å². The third-order valence-corrected chi connectivity index (χ3v) is 3.28. The summed E-state index contributed by atoms with van der Waals surface area (Å²) >= 11 is 0. The molecule has 1 aliphatic carbocycles. The third-order valence-electron chi connectivity index (χ3n) is 3.28. The van der Waals surface area contributed by atoms with Crippen LogP contribution in [0.3, 0.4) is 0 Å². The first-order chi connectivity index (χ1) is 7.80. The normalized spacial score (nSPS) is 22.2. The van der Waals surface area contributed by atoms with Crippen LogP contribution >= 0.6 is 24.8 Å². The SMILES string of the molecule is Cl.Cl.NC1(C(=O)N2CCN(CC(F)(F)F)CC2)CC1. The highest BCUT2D eigenvalue weighted by atomic mass is 35.5. The Morgan fingerprint density at radius 3 is 1.95 bits per heavy atom. The predicted molar refractivity (Wildman–Crippen MR) is 69.7 cm³/mol. The number of nitrogens with two attached hydrogens (primary N) is 1. The van der Waals surface area contributed by atoms with E-state index in [9.17, 15) is 18.0 Å². The minimum atomic E-state index is -4.17. The summed E-state index contributed by atoms with van der Waals surface area (Å²) in [6.07, 6.45) is -2.79. The third kappa shape index (κ3) is 4.98. The maximum Gasteiger partial charge on any atom is 0.401 e. The lowest BCUT2D eigenvalue weighted by atomic mass is 10.2. The number of hydrogen-bond acceptors (Lipinski definition) is 3. The summed E-state index contributed by atoms with van der Waals surface area (Å²) in [6, 6.07) is 0. The summed E-state index contributed by atoms with van der Waals surface area (Å²) in [5.74, 6) is -0.107. The Labute approximate surface area is 122 Å². The van der Waals surface area contributed by atoms with Crippen LogP contribution in [0.1, 0.15) is 12.8 Å². The number of alkyl halides is 3. The van der Waals surface area contributed by atoms with E-state index in [1.54, 1.807) is 4.90 Å². The maximum absolute atomic E-state index is 12.2. The Morgan fingerprint density at radius 2 is 1.58 bits per heavy atom. The summed E-state index contributed by atoms with van der Waals surface area (Å²) < 4.78 is 36.5. The predicted octanol–water partition coefficient (Wildman–Crippen LogP) is 1.03. The van der Waals surface area contributed by atoms with Gasteiger partial charge in [-0.2, -0.15) is 13.2 Å². The molecule has 1 saturated carbocycles. The minimum absolute atomic E-state index is 0. The molecule has 0 atom stereocenters. The van der Waals surface area contributed by atoms with Crippen LogP contribution in [0.15, 0.2) is 0 Å². The van der Waals surface area contributed by atoms with Gasteiger partial charge >= 0.3 is 6.18 Å². The highest BCUT2D eigenvalue weighted by molar-refractivity contribution is 5.89. The van der Waals surface area contributed by atoms with Crippen LogP contribution in [-0.4, -0.2) is 60.1 Å². The van der Waals surface area contributed by atoms with Gasteiger partial charge in [0.1, 0.15) is 0 Å². The van der Waals surface area contributed by atoms with E-state index in [4.69, 9.17) is 5.73 Å². The van der Waals surface area contributed by atoms with E-state index < -0.39 is 18.3 Å². The second-order valence-corrected chi connectivity index (χ2v) is 4.84. The molecule has 2 N–H and O–H groups in total. The largest absolute Gasteiger partial charge is 0.401 e. The van der Waals surface area contributed by atoms with Crippen molar-refractivity contribution >= 4 is 30.7 Å². The maximum atomic E-state index is 12.2. The Bertz CT molecular complexity index is 316. The topological polar surface area (TPSA) is 49.6 Å². The Balaban J connectivity index is 0.00000162. The minimum Gasteiger partial charge on any atom is -0.339 e. The van der Waals surface area contributed by atoms with Crippen molar-refractivity contribution in [2.75, 3.05) is 32.7 Å². The van der Waals surface area contributed by atoms with Crippen molar-refractivity contribution < 1.29 is 18.0 Å². The second kappa shape index (κ2) is 6.47. The molecule has 1 saturated heterocycles. The highest BCUT2D eigenvalue weighted by Crippen LogP contribution is 2.34. The molecule has 4 nitrogen and oxygen atoms in total. The van der Waals surface area contributed by atoms with Crippen molar-refractivity contribution in [2.24, 2.45) is 5.73 Å². The van der Waals surface area contributed by atoms with E-state index >= 15 is 0 Å². The van der Waals surface area contributed by atoms with E-state index in [0.29, 0.717) is 25.9 Å². The smallest absolute Gasteiger partial charge is 0.339 e. The van der Waals surface area contributed by atoms with Crippen molar-refractivity contribution in [1.82, 2.24) is 9.80 Å². The molecule has 19 heavy (non-hydrogen) atoms. The molecule has 114 valence electrons. The molecule has 1 heterocycles. The summed E-state index contributed by atoms with van der Waals surface area (Å²) in [5.41, 5.74) is 5.06. The van der Waals surface area contributed by atoms with Gasteiger partial charge in [0, 0.05) is 26.2 Å². The average molecular weight is 324 g/mol. The summed E-state index contributed by atoms with van der Waals surface area (Å²) in [4.78, 5) is 14.7. The van der Waals surface area contributed by atoms with Gasteiger partial charge in [-0.05, 0) is 12.8 Å². The molecular formula is C10H18Cl2F3N3O. The molecule has 1 aliphatic heterocycles. The molecule has 0 aromatic rings. The Kier molecular flexibility index (Phi) is 6.39. The van der Waals surface area contributed by atoms with Gasteiger partial charge in [-0.3, -0.25) is 9.69 Å². The van der Waals surface area contributed by atoms with E-state index in [1.165, 1.54) is 4.90 Å². The van der Waals surface area contributed by atoms with Gasteiger partial charge in [-0.25, -0.2) is 0 Å². The summed E-state index contributed by atoms with van der Waals surface area (Å²) in [6.45, 7) is 0.313. The first-order valence-corrected chi connectivity index (χ1v) is 5.68. The lowest BCUT2D eigenvalue weighted by molar-refractivity contribution is -0.152. The zero-order valence-corrected chi connectivity index (χ0v) is 11.9. The van der Waals surface area contributed by atoms with Crippen molar-refractivity contribution in [3.63, 3.8) is 0 Å². The lowest BCUT2D eigenvalue weighted by Crippen LogP contribution is -2.55. The van der Waals surface area contributed by atoms with Gasteiger partial charge in [0.2, 0.25) is 5.91 Å². The first-order valence-electron chi connectivity index (χ1n) is 5.68. The van der Waals surface area contributed by atoms with Crippen LogP contribution in [0.25, 0.3) is 0 Å². The zero-order valence-electron chi connectivity index (χ0n) is 10.3. The molecule has 0 aromatic carbocycles. The van der Waals surface area contributed by atoms with E-state index in [1.807, 2.05) is 0 Å². The van der Waals surface area contributed by atoms with E-state index in [2.05, 4.69) is 0 Å². The average Bonchev–Trinajstić information content (AvgIpc) is 2.96. The fourth-order valence-electron chi connectivity index (χ4n) is 2.03. The van der Waals surface area contributed by atoms with Crippen LogP contribution in [0.4, 0.5) is 13.2 Å². The zero-order chi connectivity index (χ0) is 12.7. The van der Waals surface area contributed by atoms with E-state index in [0.717, 1.165) is 0 Å². The molecule has 1 amide bonds. The molecule has 0 aromatic heterocycles. The van der Waals surface area contributed by atoms with Gasteiger partial charge in [-0.15, -0.1) is 24.8 Å². The van der Waals surface area contributed by atoms with Crippen LogP contribution in [0, 0.1) is 0 Å². The van der Waals surface area contributed by atoms with Gasteiger partial charge in [0.25, 0.3) is 0 Å². The molecule has 2 fully saturated rings. The van der Waals surface area contributed by atoms with Crippen molar-refractivity contribution in [3.05, 3.63) is 0 Å². The molecule has 0 spiro atoms. The fourth-order valence-corrected chi connectivity index (χ4v) is 2.03. The standard InChI is InChI=1S/C10H16F3N3O.2ClH/c11-10(12,13)7-15-3-5-16(6-4-15)8(17)9(14)1-2-9;;/h1-7,14H2;2*1H. The highest BCUT2D eigenvalue weighted by Gasteiger charge is 2.48. The quantitative estimate of drug-likeness (QED) is 0.825. The molecule has 2 rings (SSSR count). The van der Waals surface area contributed by atoms with Crippen LogP contribution < -0.4 is 5.73 Å². The molecule has 2 aliphatic rings. The van der Waals surface area contributed by atoms with Gasteiger partial charge in [0.05, 0.1) is 12.1 Å². The Morgan fingerprint density at radius 1 is 1.11 bits per heavy atom. The Hall–Kier alpha value is -0.240. The van der Waals surface area contributed by atoms with E-state index in [-0.39, 0.29) is 43.8 Å². The summed E-state index contributed by atoms with van der Waals surface area (Å²) in [7, 11) is 0. The van der Waals surface area contributed by atoms with Gasteiger partial charge < -0.3 is 10.6 Å². The van der Waals surface area contributed by atoms with Crippen molar-refractivity contribution in [1.29, 1.82) is 0 Å². The van der Waals surface area contributed by atoms with Crippen molar-refractivity contribution in [3.8, 4) is 0 Å². The number of nitrogens with zero attached hydrogens (tertiary/aromatic N) is 2. The first kappa shape index (κ1) is 18.8.